The van der Waals surface area contributed by atoms with Gasteiger partial charge in [-0.25, -0.2) is 4.79 Å². The molecule has 0 aromatic carbocycles. The van der Waals surface area contributed by atoms with E-state index in [4.69, 9.17) is 4.84 Å². The fourth-order valence-corrected chi connectivity index (χ4v) is 1.20. The summed E-state index contributed by atoms with van der Waals surface area (Å²) in [4.78, 5) is 16.5. The van der Waals surface area contributed by atoms with E-state index in [1.807, 2.05) is 11.4 Å². The van der Waals surface area contributed by atoms with Gasteiger partial charge in [0.25, 0.3) is 0 Å². The van der Waals surface area contributed by atoms with Crippen LogP contribution in [0.15, 0.2) is 17.5 Å². The van der Waals surface area contributed by atoms with E-state index in [0.29, 0.717) is 4.88 Å². The summed E-state index contributed by atoms with van der Waals surface area (Å²) >= 11 is 1.37. The minimum Gasteiger partial charge on any atom is -0.364 e. The molecule has 0 aliphatic rings. The number of rotatable bonds is 2. The first-order valence-corrected chi connectivity index (χ1v) is 4.01. The van der Waals surface area contributed by atoms with E-state index in [0.717, 1.165) is 0 Å². The maximum absolute atomic E-state index is 11.1. The lowest BCUT2D eigenvalue weighted by Gasteiger charge is -2.07. The fourth-order valence-electron chi connectivity index (χ4n) is 0.606. The molecule has 3 nitrogen and oxygen atoms in total. The SMILES string of the molecule is CN(C)OC(=O)c1cccs1. The topological polar surface area (TPSA) is 29.5 Å². The lowest BCUT2D eigenvalue weighted by atomic mass is 10.5. The Labute approximate surface area is 69.2 Å². The lowest BCUT2D eigenvalue weighted by molar-refractivity contribution is -0.0709. The Bertz CT molecular complexity index is 231. The van der Waals surface area contributed by atoms with E-state index in [1.54, 1.807) is 20.2 Å². The molecular weight excluding hydrogens is 162 g/mol. The quantitative estimate of drug-likeness (QED) is 0.629. The van der Waals surface area contributed by atoms with Gasteiger partial charge in [0.1, 0.15) is 4.88 Å². The van der Waals surface area contributed by atoms with Crippen molar-refractivity contribution in [3.05, 3.63) is 22.4 Å². The van der Waals surface area contributed by atoms with Crippen LogP contribution in [0.2, 0.25) is 0 Å². The van der Waals surface area contributed by atoms with Crippen LogP contribution in [0.5, 0.6) is 0 Å². The summed E-state index contributed by atoms with van der Waals surface area (Å²) < 4.78 is 0. The number of hydrogen-bond donors (Lipinski definition) is 0. The first-order valence-electron chi connectivity index (χ1n) is 3.13. The van der Waals surface area contributed by atoms with Crippen molar-refractivity contribution in [3.8, 4) is 0 Å². The molecule has 0 amide bonds. The van der Waals surface area contributed by atoms with Crippen molar-refractivity contribution < 1.29 is 9.63 Å². The largest absolute Gasteiger partial charge is 0.367 e. The van der Waals surface area contributed by atoms with Crippen LogP contribution in [0.1, 0.15) is 9.67 Å². The molecule has 0 radical (unpaired) electrons. The van der Waals surface area contributed by atoms with Gasteiger partial charge in [-0.3, -0.25) is 0 Å². The molecule has 1 aromatic rings. The van der Waals surface area contributed by atoms with Crippen LogP contribution < -0.4 is 0 Å². The van der Waals surface area contributed by atoms with Crippen LogP contribution in [0.3, 0.4) is 0 Å². The number of carbonyl (C=O) groups is 1. The van der Waals surface area contributed by atoms with Crippen LogP contribution >= 0.6 is 11.3 Å². The maximum Gasteiger partial charge on any atom is 0.367 e. The molecule has 0 aliphatic heterocycles. The van der Waals surface area contributed by atoms with Gasteiger partial charge < -0.3 is 4.84 Å². The molecule has 0 bridgehead atoms. The summed E-state index contributed by atoms with van der Waals surface area (Å²) in [6.45, 7) is 0. The molecule has 0 saturated carbocycles. The van der Waals surface area contributed by atoms with Crippen molar-refractivity contribution in [2.24, 2.45) is 0 Å². The predicted molar refractivity (Wildman–Crippen MR) is 43.4 cm³/mol. The van der Waals surface area contributed by atoms with Crippen molar-refractivity contribution in [1.82, 2.24) is 5.06 Å². The van der Waals surface area contributed by atoms with Gasteiger partial charge in [0.2, 0.25) is 0 Å². The highest BCUT2D eigenvalue weighted by Crippen LogP contribution is 2.09. The molecule has 1 rings (SSSR count). The van der Waals surface area contributed by atoms with Crippen LogP contribution in [-0.4, -0.2) is 25.1 Å². The zero-order valence-electron chi connectivity index (χ0n) is 6.40. The van der Waals surface area contributed by atoms with E-state index < -0.39 is 0 Å². The van der Waals surface area contributed by atoms with Crippen molar-refractivity contribution in [3.63, 3.8) is 0 Å². The summed E-state index contributed by atoms with van der Waals surface area (Å²) in [6.07, 6.45) is 0. The summed E-state index contributed by atoms with van der Waals surface area (Å²) in [7, 11) is 3.34. The van der Waals surface area contributed by atoms with Crippen molar-refractivity contribution in [2.75, 3.05) is 14.1 Å². The van der Waals surface area contributed by atoms with Gasteiger partial charge in [-0.15, -0.1) is 16.4 Å². The predicted octanol–water partition coefficient (Wildman–Crippen LogP) is 1.38. The van der Waals surface area contributed by atoms with Gasteiger partial charge in [0, 0.05) is 14.1 Å². The number of nitrogens with zero attached hydrogens (tertiary/aromatic N) is 1. The molecule has 4 heteroatoms. The molecular formula is C7H9NO2S. The van der Waals surface area contributed by atoms with E-state index in [-0.39, 0.29) is 5.97 Å². The van der Waals surface area contributed by atoms with Crippen molar-refractivity contribution in [2.45, 2.75) is 0 Å². The van der Waals surface area contributed by atoms with Crippen molar-refractivity contribution in [1.29, 1.82) is 0 Å². The second kappa shape index (κ2) is 3.50. The number of hydrogen-bond acceptors (Lipinski definition) is 4. The van der Waals surface area contributed by atoms with Gasteiger partial charge in [-0.2, -0.15) is 0 Å². The first kappa shape index (κ1) is 8.23. The Morgan fingerprint density at radius 3 is 2.82 bits per heavy atom. The van der Waals surface area contributed by atoms with Gasteiger partial charge in [0.15, 0.2) is 0 Å². The van der Waals surface area contributed by atoms with E-state index >= 15 is 0 Å². The Morgan fingerprint density at radius 2 is 2.36 bits per heavy atom. The Kier molecular flexibility index (Phi) is 2.62. The molecule has 0 N–H and O–H groups in total. The third kappa shape index (κ3) is 2.32. The highest BCUT2D eigenvalue weighted by molar-refractivity contribution is 7.11. The summed E-state index contributed by atoms with van der Waals surface area (Å²) in [5.74, 6) is -0.301. The highest BCUT2D eigenvalue weighted by Gasteiger charge is 2.08. The summed E-state index contributed by atoms with van der Waals surface area (Å²) in [5.41, 5.74) is 0. The smallest absolute Gasteiger partial charge is 0.364 e. The minimum atomic E-state index is -0.301. The average molecular weight is 171 g/mol. The standard InChI is InChI=1S/C7H9NO2S/c1-8(2)10-7(9)6-4-3-5-11-6/h3-5H,1-2H3. The van der Waals surface area contributed by atoms with Crippen LogP contribution in [0.4, 0.5) is 0 Å². The molecule has 0 saturated heterocycles. The van der Waals surface area contributed by atoms with Crippen LogP contribution in [-0.2, 0) is 4.84 Å². The second-order valence-corrected chi connectivity index (χ2v) is 3.12. The zero-order chi connectivity index (χ0) is 8.27. The zero-order valence-corrected chi connectivity index (χ0v) is 7.22. The molecule has 60 valence electrons. The van der Waals surface area contributed by atoms with E-state index in [2.05, 4.69) is 0 Å². The summed E-state index contributed by atoms with van der Waals surface area (Å²) in [6, 6.07) is 3.55. The van der Waals surface area contributed by atoms with E-state index in [1.165, 1.54) is 16.4 Å². The van der Waals surface area contributed by atoms with Crippen LogP contribution in [0.25, 0.3) is 0 Å². The average Bonchev–Trinajstić information content (AvgIpc) is 2.35. The van der Waals surface area contributed by atoms with Gasteiger partial charge in [-0.1, -0.05) is 6.07 Å². The molecule has 0 unspecified atom stereocenters. The highest BCUT2D eigenvalue weighted by atomic mass is 32.1. The van der Waals surface area contributed by atoms with Gasteiger partial charge >= 0.3 is 5.97 Å². The third-order valence-electron chi connectivity index (χ3n) is 0.988. The number of carbonyl (C=O) groups excluding carboxylic acids is 1. The third-order valence-corrected chi connectivity index (χ3v) is 1.84. The Morgan fingerprint density at radius 1 is 1.64 bits per heavy atom. The lowest BCUT2D eigenvalue weighted by Crippen LogP contribution is -2.17. The number of thiophene rings is 1. The normalized spacial score (nSPS) is 10.1. The molecule has 11 heavy (non-hydrogen) atoms. The minimum absolute atomic E-state index is 0.301. The molecule has 1 heterocycles. The Balaban J connectivity index is 2.57. The maximum atomic E-state index is 11.1. The first-order chi connectivity index (χ1) is 5.20. The monoisotopic (exact) mass is 171 g/mol. The fraction of sp³-hybridized carbons (Fsp3) is 0.286. The van der Waals surface area contributed by atoms with E-state index in [9.17, 15) is 4.79 Å². The molecule has 0 fully saturated rings. The van der Waals surface area contributed by atoms with Crippen molar-refractivity contribution >= 4 is 17.3 Å². The Hall–Kier alpha value is -0.870. The molecule has 0 spiro atoms. The van der Waals surface area contributed by atoms with Gasteiger partial charge in [-0.05, 0) is 11.4 Å². The van der Waals surface area contributed by atoms with Gasteiger partial charge in [0.05, 0.1) is 0 Å². The number of hydroxylamine groups is 2. The molecule has 1 aromatic heterocycles. The van der Waals surface area contributed by atoms with Crippen LogP contribution in [0, 0.1) is 0 Å². The summed E-state index contributed by atoms with van der Waals surface area (Å²) in [5, 5.41) is 3.22. The molecule has 0 aliphatic carbocycles. The second-order valence-electron chi connectivity index (χ2n) is 2.17. The molecule has 0 atom stereocenters.